The Balaban J connectivity index is 1.58. The highest BCUT2D eigenvalue weighted by Gasteiger charge is 2.41. The first-order valence-electron chi connectivity index (χ1n) is 15.2. The highest BCUT2D eigenvalue weighted by molar-refractivity contribution is 5.91. The van der Waals surface area contributed by atoms with Gasteiger partial charge in [0.05, 0.1) is 5.69 Å². The summed E-state index contributed by atoms with van der Waals surface area (Å²) < 4.78 is 46.8. The van der Waals surface area contributed by atoms with E-state index in [-0.39, 0.29) is 40.5 Å². The molecule has 45 heavy (non-hydrogen) atoms. The van der Waals surface area contributed by atoms with Crippen molar-refractivity contribution < 1.29 is 18.0 Å². The number of piperazine rings is 1. The van der Waals surface area contributed by atoms with Crippen molar-refractivity contribution in [2.75, 3.05) is 31.6 Å². The fourth-order valence-electron chi connectivity index (χ4n) is 6.99. The minimum absolute atomic E-state index is 0.0763. The van der Waals surface area contributed by atoms with Gasteiger partial charge in [0.1, 0.15) is 11.3 Å². The molecule has 2 aliphatic rings. The van der Waals surface area contributed by atoms with E-state index in [2.05, 4.69) is 28.5 Å². The lowest BCUT2D eigenvalue weighted by Gasteiger charge is -2.45. The smallest absolute Gasteiger partial charge is 0.348 e. The molecule has 2 fully saturated rings. The van der Waals surface area contributed by atoms with E-state index in [9.17, 15) is 22.8 Å². The van der Waals surface area contributed by atoms with Crippen molar-refractivity contribution in [1.29, 1.82) is 0 Å². The molecule has 0 saturated carbocycles. The summed E-state index contributed by atoms with van der Waals surface area (Å²) in [5, 5.41) is 0.484. The predicted molar refractivity (Wildman–Crippen MR) is 167 cm³/mol. The predicted octanol–water partition coefficient (Wildman–Crippen LogP) is 4.32. The molecule has 1 amide bonds. The molecule has 0 bridgehead atoms. The van der Waals surface area contributed by atoms with Gasteiger partial charge in [0.25, 0.3) is 5.56 Å². The Kier molecular flexibility index (Phi) is 7.92. The number of hydrogen-bond donors (Lipinski definition) is 0. The highest BCUT2D eigenvalue weighted by atomic mass is 19.4. The van der Waals surface area contributed by atoms with Crippen molar-refractivity contribution in [3.63, 3.8) is 0 Å². The third kappa shape index (κ3) is 5.47. The van der Waals surface area contributed by atoms with E-state index in [1.165, 1.54) is 12.3 Å². The largest absolute Gasteiger partial charge is 0.450 e. The van der Waals surface area contributed by atoms with Crippen LogP contribution in [0.5, 0.6) is 0 Å². The van der Waals surface area contributed by atoms with Crippen LogP contribution in [0, 0.1) is 0 Å². The van der Waals surface area contributed by atoms with Crippen LogP contribution in [0.3, 0.4) is 0 Å². The zero-order valence-corrected chi connectivity index (χ0v) is 25.9. The van der Waals surface area contributed by atoms with Crippen LogP contribution in [0.1, 0.15) is 44.8 Å². The van der Waals surface area contributed by atoms with Crippen LogP contribution in [-0.4, -0.2) is 84.6 Å². The molecule has 4 aromatic rings. The first kappa shape index (κ1) is 30.8. The third-order valence-corrected chi connectivity index (χ3v) is 9.14. The number of aromatic nitrogens is 5. The second-order valence-electron chi connectivity index (χ2n) is 12.2. The SMILES string of the molecule is C=CC(=O)N1CC(C)N(c2nc(CC[C@@H]3CCCN3C)nc3c(=O)n(-c4cn(C)c5ccccc45)c(C(F)(F)F)nc23)[C@@H](C)C1. The van der Waals surface area contributed by atoms with Crippen molar-refractivity contribution in [2.45, 2.75) is 63.8 Å². The number of likely N-dealkylation sites (tertiary alicyclic amines) is 1. The molecular weight excluding hydrogens is 585 g/mol. The van der Waals surface area contributed by atoms with E-state index in [1.54, 1.807) is 40.8 Å². The van der Waals surface area contributed by atoms with Gasteiger partial charge in [-0.1, -0.05) is 24.8 Å². The molecule has 3 aromatic heterocycles. The first-order chi connectivity index (χ1) is 21.4. The van der Waals surface area contributed by atoms with Crippen LogP contribution in [0.4, 0.5) is 19.0 Å². The summed E-state index contributed by atoms with van der Waals surface area (Å²) in [5.74, 6) is -1.02. The maximum absolute atomic E-state index is 14.8. The van der Waals surface area contributed by atoms with E-state index in [0.29, 0.717) is 46.8 Å². The number of para-hydroxylation sites is 1. The normalized spacial score (nSPS) is 21.3. The molecule has 0 aliphatic carbocycles. The molecule has 5 heterocycles. The topological polar surface area (TPSA) is 92.4 Å². The quantitative estimate of drug-likeness (QED) is 0.296. The number of amides is 1. The number of carbonyl (C=O) groups is 1. The maximum Gasteiger partial charge on any atom is 0.450 e. The standard InChI is InChI=1S/C32H37F3N8O2/c1-6-26(44)41-16-19(2)42(20(3)17-41)29-27-28(36-25(37-29)14-13-21-10-9-15-39(21)4)30(45)43(31(38-27)32(33,34)35)24-18-40(5)23-12-8-7-11-22(23)24/h6-8,11-12,18-21H,1,9-10,13-17H2,2-5H3/t19-,20?,21-/m0/s1. The lowest BCUT2D eigenvalue weighted by Crippen LogP contribution is -2.58. The van der Waals surface area contributed by atoms with Crippen LogP contribution < -0.4 is 10.5 Å². The van der Waals surface area contributed by atoms with Crippen LogP contribution in [0.2, 0.25) is 0 Å². The molecule has 10 nitrogen and oxygen atoms in total. The van der Waals surface area contributed by atoms with E-state index < -0.39 is 17.6 Å². The lowest BCUT2D eigenvalue weighted by atomic mass is 10.1. The Morgan fingerprint density at radius 1 is 1.07 bits per heavy atom. The number of halogens is 3. The van der Waals surface area contributed by atoms with Gasteiger partial charge in [-0.05, 0) is 58.8 Å². The van der Waals surface area contributed by atoms with E-state index in [0.717, 1.165) is 25.8 Å². The van der Waals surface area contributed by atoms with E-state index in [1.807, 2.05) is 18.7 Å². The van der Waals surface area contributed by atoms with Crippen LogP contribution in [0.15, 0.2) is 47.9 Å². The lowest BCUT2D eigenvalue weighted by molar-refractivity contribution is -0.146. The number of hydrogen-bond acceptors (Lipinski definition) is 7. The molecule has 1 aromatic carbocycles. The molecule has 0 radical (unpaired) electrons. The highest BCUT2D eigenvalue weighted by Crippen LogP contribution is 2.35. The number of fused-ring (bicyclic) bond motifs is 2. The van der Waals surface area contributed by atoms with Gasteiger partial charge in [0.15, 0.2) is 11.3 Å². The second kappa shape index (κ2) is 11.6. The first-order valence-corrected chi connectivity index (χ1v) is 15.2. The zero-order chi connectivity index (χ0) is 32.2. The van der Waals surface area contributed by atoms with Crippen LogP contribution in [0.25, 0.3) is 27.6 Å². The molecule has 2 aliphatic heterocycles. The molecule has 6 rings (SSSR count). The van der Waals surface area contributed by atoms with Gasteiger partial charge in [-0.15, -0.1) is 0 Å². The summed E-state index contributed by atoms with van der Waals surface area (Å²) >= 11 is 0. The number of rotatable bonds is 6. The Morgan fingerprint density at radius 2 is 1.78 bits per heavy atom. The number of carbonyl (C=O) groups excluding carboxylic acids is 1. The molecule has 1 unspecified atom stereocenters. The Hall–Kier alpha value is -4.26. The summed E-state index contributed by atoms with van der Waals surface area (Å²) in [6.45, 7) is 8.95. The maximum atomic E-state index is 14.8. The summed E-state index contributed by atoms with van der Waals surface area (Å²) in [6.07, 6.45) is 1.12. The van der Waals surface area contributed by atoms with Gasteiger partial charge < -0.3 is 19.3 Å². The molecule has 13 heteroatoms. The molecular formula is C32H37F3N8O2. The summed E-state index contributed by atoms with van der Waals surface area (Å²) in [4.78, 5) is 46.2. The number of alkyl halides is 3. The molecule has 0 N–H and O–H groups in total. The Labute approximate surface area is 258 Å². The summed E-state index contributed by atoms with van der Waals surface area (Å²) in [7, 11) is 3.79. The third-order valence-electron chi connectivity index (χ3n) is 9.14. The van der Waals surface area contributed by atoms with Crippen LogP contribution >= 0.6 is 0 Å². The second-order valence-corrected chi connectivity index (χ2v) is 12.2. The fraction of sp³-hybridized carbons (Fsp3) is 0.469. The van der Waals surface area contributed by atoms with Crippen molar-refractivity contribution in [2.24, 2.45) is 7.05 Å². The molecule has 238 valence electrons. The monoisotopic (exact) mass is 622 g/mol. The van der Waals surface area contributed by atoms with Crippen molar-refractivity contribution in [1.82, 2.24) is 33.9 Å². The van der Waals surface area contributed by atoms with E-state index >= 15 is 0 Å². The van der Waals surface area contributed by atoms with Gasteiger partial charge in [-0.2, -0.15) is 13.2 Å². The minimum atomic E-state index is -4.96. The van der Waals surface area contributed by atoms with Crippen molar-refractivity contribution >= 4 is 33.7 Å². The number of nitrogens with zero attached hydrogens (tertiary/aromatic N) is 8. The van der Waals surface area contributed by atoms with Crippen molar-refractivity contribution in [3.05, 3.63) is 65.1 Å². The number of benzene rings is 1. The van der Waals surface area contributed by atoms with Gasteiger partial charge in [0.2, 0.25) is 11.7 Å². The summed E-state index contributed by atoms with van der Waals surface area (Å²) in [5.41, 5.74) is -0.529. The molecule has 2 saturated heterocycles. The average Bonchev–Trinajstić information content (AvgIpc) is 3.56. The van der Waals surface area contributed by atoms with Gasteiger partial charge >= 0.3 is 6.18 Å². The minimum Gasteiger partial charge on any atom is -0.348 e. The van der Waals surface area contributed by atoms with Gasteiger partial charge in [0, 0.05) is 61.8 Å². The number of aryl methyl sites for hydroxylation is 2. The number of anilines is 1. The van der Waals surface area contributed by atoms with Gasteiger partial charge in [-0.25, -0.2) is 15.0 Å². The molecule has 3 atom stereocenters. The Bertz CT molecular complexity index is 1840. The Morgan fingerprint density at radius 3 is 2.42 bits per heavy atom. The van der Waals surface area contributed by atoms with Crippen LogP contribution in [-0.2, 0) is 24.4 Å². The fourth-order valence-corrected chi connectivity index (χ4v) is 6.99. The van der Waals surface area contributed by atoms with Crippen molar-refractivity contribution in [3.8, 4) is 5.69 Å². The zero-order valence-electron chi connectivity index (χ0n) is 25.9. The van der Waals surface area contributed by atoms with E-state index in [4.69, 9.17) is 4.98 Å². The molecule has 0 spiro atoms. The average molecular weight is 623 g/mol. The van der Waals surface area contributed by atoms with Gasteiger partial charge in [-0.3, -0.25) is 14.2 Å². The summed E-state index contributed by atoms with van der Waals surface area (Å²) in [6, 6.07) is 6.64.